The molecule has 0 saturated carbocycles. The largest absolute Gasteiger partial charge is 0.496 e. The second kappa shape index (κ2) is 9.82. The van der Waals surface area contributed by atoms with Crippen molar-refractivity contribution in [2.24, 2.45) is 0 Å². The maximum Gasteiger partial charge on any atom is 0.124 e. The molecule has 0 aromatic rings. The molecule has 0 aliphatic rings. The molecular weight excluding hydrogens is 239 g/mol. The molecule has 0 saturated heterocycles. The molecule has 1 atom stereocenters. The molecule has 0 bridgehead atoms. The van der Waals surface area contributed by atoms with Crippen LogP contribution >= 0.6 is 0 Å². The minimum atomic E-state index is -0.682. The van der Waals surface area contributed by atoms with Crippen molar-refractivity contribution < 1.29 is 23.7 Å². The Bertz CT molecular complexity index is 306. The predicted octanol–water partition coefficient (Wildman–Crippen LogP) is 1.97. The quantitative estimate of drug-likeness (QED) is 0.391. The molecule has 0 aromatic carbocycles. The molecule has 0 spiro atoms. The summed E-state index contributed by atoms with van der Waals surface area (Å²) in [7, 11) is 2.99. The minimum absolute atomic E-state index is 0.288. The average Bonchev–Trinajstić information content (AvgIpc) is 2.35. The van der Waals surface area contributed by atoms with Gasteiger partial charge < -0.3 is 19.3 Å². The number of hydrogen-bond donors (Lipinski definition) is 1. The van der Waals surface area contributed by atoms with E-state index in [1.807, 2.05) is 0 Å². The van der Waals surface area contributed by atoms with Crippen LogP contribution in [0.2, 0.25) is 0 Å². The van der Waals surface area contributed by atoms with Crippen molar-refractivity contribution in [3.05, 3.63) is 35.9 Å². The van der Waals surface area contributed by atoms with E-state index in [0.29, 0.717) is 24.5 Å². The number of aliphatic hydroxyl groups is 1. The van der Waals surface area contributed by atoms with Crippen molar-refractivity contribution in [1.29, 1.82) is 0 Å². The molecular formula is C13H21FO4. The van der Waals surface area contributed by atoms with Gasteiger partial charge in [-0.15, -0.1) is 0 Å². The maximum absolute atomic E-state index is 13.0. The van der Waals surface area contributed by atoms with Gasteiger partial charge in [-0.3, -0.25) is 0 Å². The van der Waals surface area contributed by atoms with Crippen LogP contribution in [-0.4, -0.2) is 45.3 Å². The molecule has 0 fully saturated rings. The highest BCUT2D eigenvalue weighted by Crippen LogP contribution is 2.18. The topological polar surface area (TPSA) is 47.9 Å². The summed E-state index contributed by atoms with van der Waals surface area (Å²) in [6.07, 6.45) is 2.02. The Labute approximate surface area is 107 Å². The standard InChI is InChI=1S/C13H21FO4/c1-5-12(17-4)11(8-10(2)14)13(9-15)18-7-6-16-3/h5,8,13,15H,1,6-7,9H2,2-4H3/b10-8+,12-11-/t13-/m0/s1. The number of ether oxygens (including phenoxy) is 3. The molecule has 1 N–H and O–H groups in total. The molecule has 0 rings (SSSR count). The zero-order chi connectivity index (χ0) is 14.0. The predicted molar refractivity (Wildman–Crippen MR) is 67.8 cm³/mol. The Morgan fingerprint density at radius 1 is 1.39 bits per heavy atom. The van der Waals surface area contributed by atoms with Gasteiger partial charge in [0, 0.05) is 12.7 Å². The fourth-order valence-corrected chi connectivity index (χ4v) is 1.37. The fourth-order valence-electron chi connectivity index (χ4n) is 1.37. The monoisotopic (exact) mass is 260 g/mol. The lowest BCUT2D eigenvalue weighted by molar-refractivity contribution is 0.00727. The second-order valence-corrected chi connectivity index (χ2v) is 3.49. The van der Waals surface area contributed by atoms with Crippen LogP contribution in [0.25, 0.3) is 0 Å². The van der Waals surface area contributed by atoms with Crippen LogP contribution in [0.4, 0.5) is 4.39 Å². The maximum atomic E-state index is 13.0. The van der Waals surface area contributed by atoms with Gasteiger partial charge in [0.2, 0.25) is 0 Å². The molecule has 0 amide bonds. The van der Waals surface area contributed by atoms with Crippen molar-refractivity contribution in [3.8, 4) is 0 Å². The Hall–Kier alpha value is -1.17. The number of aliphatic hydroxyl groups excluding tert-OH is 1. The van der Waals surface area contributed by atoms with Gasteiger partial charge in [0.15, 0.2) is 0 Å². The molecule has 0 radical (unpaired) electrons. The summed E-state index contributed by atoms with van der Waals surface area (Å²) in [5, 5.41) is 9.31. The first kappa shape index (κ1) is 16.8. The zero-order valence-corrected chi connectivity index (χ0v) is 11.1. The van der Waals surface area contributed by atoms with E-state index in [2.05, 4.69) is 6.58 Å². The molecule has 104 valence electrons. The number of allylic oxidation sites excluding steroid dienone is 2. The molecule has 0 aromatic heterocycles. The Kier molecular flexibility index (Phi) is 9.18. The van der Waals surface area contributed by atoms with Gasteiger partial charge in [-0.2, -0.15) is 0 Å². The van der Waals surface area contributed by atoms with Crippen molar-refractivity contribution >= 4 is 0 Å². The summed E-state index contributed by atoms with van der Waals surface area (Å²) in [6.45, 7) is 5.27. The van der Waals surface area contributed by atoms with E-state index in [4.69, 9.17) is 14.2 Å². The summed E-state index contributed by atoms with van der Waals surface area (Å²) in [5.41, 5.74) is 0.408. The molecule has 18 heavy (non-hydrogen) atoms. The van der Waals surface area contributed by atoms with Gasteiger partial charge in [0.05, 0.1) is 32.8 Å². The summed E-state index contributed by atoms with van der Waals surface area (Å²) < 4.78 is 28.4. The molecule has 0 unspecified atom stereocenters. The molecule has 0 aliphatic heterocycles. The summed E-state index contributed by atoms with van der Waals surface area (Å²) in [5.74, 6) is -0.0429. The van der Waals surface area contributed by atoms with E-state index < -0.39 is 11.9 Å². The van der Waals surface area contributed by atoms with Crippen molar-refractivity contribution in [2.45, 2.75) is 13.0 Å². The lowest BCUT2D eigenvalue weighted by Gasteiger charge is -2.19. The summed E-state index contributed by atoms with van der Waals surface area (Å²) in [4.78, 5) is 0. The summed E-state index contributed by atoms with van der Waals surface area (Å²) >= 11 is 0. The third-order valence-electron chi connectivity index (χ3n) is 2.16. The van der Waals surface area contributed by atoms with E-state index in [0.717, 1.165) is 0 Å². The lowest BCUT2D eigenvalue weighted by Crippen LogP contribution is -2.23. The fraction of sp³-hybridized carbons (Fsp3) is 0.538. The number of halogens is 1. The first-order valence-corrected chi connectivity index (χ1v) is 5.56. The van der Waals surface area contributed by atoms with Crippen molar-refractivity contribution in [1.82, 2.24) is 0 Å². The number of methoxy groups -OCH3 is 2. The van der Waals surface area contributed by atoms with Gasteiger partial charge in [-0.25, -0.2) is 4.39 Å². The van der Waals surface area contributed by atoms with Gasteiger partial charge in [-0.1, -0.05) is 6.58 Å². The van der Waals surface area contributed by atoms with Crippen LogP contribution in [0.3, 0.4) is 0 Å². The first-order valence-electron chi connectivity index (χ1n) is 5.56. The Morgan fingerprint density at radius 2 is 2.06 bits per heavy atom. The van der Waals surface area contributed by atoms with Crippen LogP contribution in [0.15, 0.2) is 35.9 Å². The highest BCUT2D eigenvalue weighted by atomic mass is 19.1. The average molecular weight is 260 g/mol. The van der Waals surface area contributed by atoms with Gasteiger partial charge in [0.25, 0.3) is 0 Å². The smallest absolute Gasteiger partial charge is 0.124 e. The Balaban J connectivity index is 5.08. The van der Waals surface area contributed by atoms with Gasteiger partial charge >= 0.3 is 0 Å². The molecule has 0 heterocycles. The molecule has 0 aliphatic carbocycles. The van der Waals surface area contributed by atoms with E-state index >= 15 is 0 Å². The highest BCUT2D eigenvalue weighted by molar-refractivity contribution is 5.32. The normalized spacial score (nSPS) is 15.1. The minimum Gasteiger partial charge on any atom is -0.496 e. The number of rotatable bonds is 9. The van der Waals surface area contributed by atoms with Crippen molar-refractivity contribution in [2.75, 3.05) is 34.0 Å². The second-order valence-electron chi connectivity index (χ2n) is 3.49. The van der Waals surface area contributed by atoms with Gasteiger partial charge in [0.1, 0.15) is 11.9 Å². The van der Waals surface area contributed by atoms with Crippen LogP contribution in [-0.2, 0) is 14.2 Å². The Morgan fingerprint density at radius 3 is 2.44 bits per heavy atom. The molecule has 4 nitrogen and oxygen atoms in total. The third-order valence-corrected chi connectivity index (χ3v) is 2.16. The number of hydrogen-bond acceptors (Lipinski definition) is 4. The van der Waals surface area contributed by atoms with Crippen LogP contribution < -0.4 is 0 Å². The van der Waals surface area contributed by atoms with Crippen molar-refractivity contribution in [3.63, 3.8) is 0 Å². The third kappa shape index (κ3) is 5.95. The lowest BCUT2D eigenvalue weighted by atomic mass is 10.1. The zero-order valence-electron chi connectivity index (χ0n) is 11.1. The molecule has 5 heteroatoms. The first-order chi connectivity index (χ1) is 8.60. The highest BCUT2D eigenvalue weighted by Gasteiger charge is 2.17. The van der Waals surface area contributed by atoms with Crippen LogP contribution in [0.1, 0.15) is 6.92 Å². The van der Waals surface area contributed by atoms with Gasteiger partial charge in [-0.05, 0) is 19.1 Å². The van der Waals surface area contributed by atoms with E-state index in [9.17, 15) is 9.50 Å². The summed E-state index contributed by atoms with van der Waals surface area (Å²) in [6, 6.07) is 0. The SMILES string of the molecule is C=C/C(OC)=C(\C=C(/C)F)[C@H](CO)OCCOC. The van der Waals surface area contributed by atoms with Crippen LogP contribution in [0.5, 0.6) is 0 Å². The van der Waals surface area contributed by atoms with E-state index in [1.54, 1.807) is 7.11 Å². The van der Waals surface area contributed by atoms with Crippen LogP contribution in [0, 0.1) is 0 Å². The van der Waals surface area contributed by atoms with E-state index in [-0.39, 0.29) is 6.61 Å². The van der Waals surface area contributed by atoms with E-state index in [1.165, 1.54) is 26.2 Å².